The van der Waals surface area contributed by atoms with Crippen LogP contribution in [0.15, 0.2) is 12.1 Å². The number of hydrogen-bond donors (Lipinski definition) is 1. The molecule has 118 valence electrons. The second-order valence-electron chi connectivity index (χ2n) is 5.41. The summed E-state index contributed by atoms with van der Waals surface area (Å²) in [6.45, 7) is 0.703. The summed E-state index contributed by atoms with van der Waals surface area (Å²) in [5.41, 5.74) is 6.67. The van der Waals surface area contributed by atoms with Crippen molar-refractivity contribution in [3.05, 3.63) is 17.9 Å². The molecule has 2 N–H and O–H groups in total. The summed E-state index contributed by atoms with van der Waals surface area (Å²) in [6, 6.07) is 2.33. The molecule has 1 aromatic carbocycles. The van der Waals surface area contributed by atoms with Gasteiger partial charge < -0.3 is 15.4 Å². The zero-order valence-electron chi connectivity index (χ0n) is 12.1. The molecular formula is C15H21F3N2O. The number of rotatable bonds is 4. The van der Waals surface area contributed by atoms with Gasteiger partial charge in [0.15, 0.2) is 11.6 Å². The normalized spacial score (nSPS) is 19.7. The first-order valence-electron chi connectivity index (χ1n) is 7.30. The summed E-state index contributed by atoms with van der Waals surface area (Å²) in [7, 11) is 0. The highest BCUT2D eigenvalue weighted by atomic mass is 19.3. The summed E-state index contributed by atoms with van der Waals surface area (Å²) < 4.78 is 42.4. The van der Waals surface area contributed by atoms with E-state index >= 15 is 0 Å². The molecule has 1 aromatic rings. The minimum Gasteiger partial charge on any atom is -0.432 e. The Morgan fingerprint density at radius 2 is 2.10 bits per heavy atom. The average molecular weight is 302 g/mol. The number of anilines is 2. The van der Waals surface area contributed by atoms with Crippen LogP contribution in [0, 0.1) is 11.7 Å². The molecule has 0 spiro atoms. The largest absolute Gasteiger partial charge is 0.432 e. The molecule has 21 heavy (non-hydrogen) atoms. The van der Waals surface area contributed by atoms with E-state index in [4.69, 9.17) is 5.73 Å². The Bertz CT molecular complexity index is 482. The Morgan fingerprint density at radius 1 is 1.33 bits per heavy atom. The standard InChI is InChI=1S/C15H21F3N2O/c1-2-10-4-3-6-20(7-5-10)13-9-14(21-15(17)18)11(16)8-12(13)19/h8-10,15H,2-7,19H2,1H3. The van der Waals surface area contributed by atoms with Crippen LogP contribution in [0.2, 0.25) is 0 Å². The number of ether oxygens (including phenoxy) is 1. The Hall–Kier alpha value is -1.59. The molecule has 0 amide bonds. The van der Waals surface area contributed by atoms with E-state index < -0.39 is 18.2 Å². The van der Waals surface area contributed by atoms with Gasteiger partial charge in [-0.1, -0.05) is 13.3 Å². The number of hydrogen-bond acceptors (Lipinski definition) is 3. The van der Waals surface area contributed by atoms with E-state index in [1.807, 2.05) is 4.90 Å². The van der Waals surface area contributed by atoms with Gasteiger partial charge in [0.05, 0.1) is 11.4 Å². The van der Waals surface area contributed by atoms with Gasteiger partial charge in [0.25, 0.3) is 0 Å². The van der Waals surface area contributed by atoms with Crippen molar-refractivity contribution in [2.24, 2.45) is 5.92 Å². The molecule has 1 aliphatic heterocycles. The van der Waals surface area contributed by atoms with Crippen LogP contribution in [0.25, 0.3) is 0 Å². The molecule has 0 radical (unpaired) electrons. The third-order valence-corrected chi connectivity index (χ3v) is 4.06. The van der Waals surface area contributed by atoms with Crippen LogP contribution in [0.4, 0.5) is 24.5 Å². The molecule has 0 aliphatic carbocycles. The lowest BCUT2D eigenvalue weighted by atomic mass is 9.98. The van der Waals surface area contributed by atoms with Gasteiger partial charge in [-0.15, -0.1) is 0 Å². The molecule has 1 aliphatic rings. The number of nitrogens with zero attached hydrogens (tertiary/aromatic N) is 1. The van der Waals surface area contributed by atoms with Gasteiger partial charge in [0.1, 0.15) is 0 Å². The monoisotopic (exact) mass is 302 g/mol. The topological polar surface area (TPSA) is 38.5 Å². The highest BCUT2D eigenvalue weighted by Crippen LogP contribution is 2.34. The van der Waals surface area contributed by atoms with Gasteiger partial charge in [0, 0.05) is 25.2 Å². The number of nitrogens with two attached hydrogens (primary N) is 1. The second kappa shape index (κ2) is 6.91. The fourth-order valence-corrected chi connectivity index (χ4v) is 2.83. The van der Waals surface area contributed by atoms with Crippen molar-refractivity contribution in [2.45, 2.75) is 39.2 Å². The molecule has 3 nitrogen and oxygen atoms in total. The van der Waals surface area contributed by atoms with Crippen molar-refractivity contribution < 1.29 is 17.9 Å². The summed E-state index contributed by atoms with van der Waals surface area (Å²) in [5, 5.41) is 0. The maximum absolute atomic E-state index is 13.6. The van der Waals surface area contributed by atoms with Crippen molar-refractivity contribution >= 4 is 11.4 Å². The van der Waals surface area contributed by atoms with E-state index in [-0.39, 0.29) is 5.69 Å². The molecule has 1 heterocycles. The Kier molecular flexibility index (Phi) is 5.20. The van der Waals surface area contributed by atoms with Crippen molar-refractivity contribution in [1.29, 1.82) is 0 Å². The minimum absolute atomic E-state index is 0.254. The molecule has 1 fully saturated rings. The van der Waals surface area contributed by atoms with Crippen LogP contribution in [0.1, 0.15) is 32.6 Å². The smallest absolute Gasteiger partial charge is 0.387 e. The molecule has 0 aromatic heterocycles. The third-order valence-electron chi connectivity index (χ3n) is 4.06. The van der Waals surface area contributed by atoms with E-state index in [1.54, 1.807) is 0 Å². The fraction of sp³-hybridized carbons (Fsp3) is 0.600. The SMILES string of the molecule is CCC1CCCN(c2cc(OC(F)F)c(F)cc2N)CC1. The second-order valence-corrected chi connectivity index (χ2v) is 5.41. The zero-order chi connectivity index (χ0) is 15.4. The molecular weight excluding hydrogens is 281 g/mol. The predicted molar refractivity (Wildman–Crippen MR) is 77.3 cm³/mol. The average Bonchev–Trinajstić information content (AvgIpc) is 2.66. The Labute approximate surface area is 122 Å². The summed E-state index contributed by atoms with van der Waals surface area (Å²) in [5.74, 6) is -0.642. The highest BCUT2D eigenvalue weighted by Gasteiger charge is 2.20. The lowest BCUT2D eigenvalue weighted by Gasteiger charge is -2.25. The van der Waals surface area contributed by atoms with Crippen molar-refractivity contribution in [3.63, 3.8) is 0 Å². The predicted octanol–water partition coefficient (Wildman–Crippen LogP) is 4.03. The van der Waals surface area contributed by atoms with Crippen molar-refractivity contribution in [1.82, 2.24) is 0 Å². The van der Waals surface area contributed by atoms with E-state index in [0.717, 1.165) is 44.8 Å². The molecule has 2 rings (SSSR count). The number of nitrogen functional groups attached to an aromatic ring is 1. The van der Waals surface area contributed by atoms with Crippen LogP contribution in [0.5, 0.6) is 5.75 Å². The highest BCUT2D eigenvalue weighted by molar-refractivity contribution is 5.70. The molecule has 0 saturated carbocycles. The summed E-state index contributed by atoms with van der Waals surface area (Å²) >= 11 is 0. The first kappa shape index (κ1) is 15.8. The summed E-state index contributed by atoms with van der Waals surface area (Å²) in [4.78, 5) is 2.03. The van der Waals surface area contributed by atoms with Crippen LogP contribution in [-0.2, 0) is 0 Å². The molecule has 6 heteroatoms. The first-order chi connectivity index (χ1) is 10.0. The van der Waals surface area contributed by atoms with Crippen LogP contribution in [-0.4, -0.2) is 19.7 Å². The number of halogens is 3. The summed E-state index contributed by atoms with van der Waals surface area (Å²) in [6.07, 6.45) is 4.32. The minimum atomic E-state index is -3.05. The van der Waals surface area contributed by atoms with Crippen LogP contribution < -0.4 is 15.4 Å². The maximum Gasteiger partial charge on any atom is 0.387 e. The number of benzene rings is 1. The quantitative estimate of drug-likeness (QED) is 0.854. The van der Waals surface area contributed by atoms with E-state index in [1.165, 1.54) is 6.07 Å². The van der Waals surface area contributed by atoms with Gasteiger partial charge in [-0.05, 0) is 25.2 Å². The van der Waals surface area contributed by atoms with Gasteiger partial charge in [-0.3, -0.25) is 0 Å². The van der Waals surface area contributed by atoms with Gasteiger partial charge >= 0.3 is 6.61 Å². The lowest BCUT2D eigenvalue weighted by Crippen LogP contribution is -2.25. The van der Waals surface area contributed by atoms with Crippen molar-refractivity contribution in [2.75, 3.05) is 23.7 Å². The first-order valence-corrected chi connectivity index (χ1v) is 7.30. The molecule has 1 saturated heterocycles. The molecule has 1 atom stereocenters. The van der Waals surface area contributed by atoms with E-state index in [2.05, 4.69) is 11.7 Å². The Balaban J connectivity index is 2.21. The third kappa shape index (κ3) is 3.95. The molecule has 0 bridgehead atoms. The van der Waals surface area contributed by atoms with Crippen LogP contribution >= 0.6 is 0 Å². The zero-order valence-corrected chi connectivity index (χ0v) is 12.1. The van der Waals surface area contributed by atoms with E-state index in [9.17, 15) is 13.2 Å². The molecule has 1 unspecified atom stereocenters. The van der Waals surface area contributed by atoms with E-state index in [0.29, 0.717) is 11.6 Å². The maximum atomic E-state index is 13.6. The van der Waals surface area contributed by atoms with Gasteiger partial charge in [0.2, 0.25) is 0 Å². The van der Waals surface area contributed by atoms with Crippen LogP contribution in [0.3, 0.4) is 0 Å². The Morgan fingerprint density at radius 3 is 2.76 bits per heavy atom. The van der Waals surface area contributed by atoms with Gasteiger partial charge in [-0.25, -0.2) is 4.39 Å². The van der Waals surface area contributed by atoms with Gasteiger partial charge in [-0.2, -0.15) is 8.78 Å². The van der Waals surface area contributed by atoms with Crippen molar-refractivity contribution in [3.8, 4) is 5.75 Å². The lowest BCUT2D eigenvalue weighted by molar-refractivity contribution is -0.0521. The number of alkyl halides is 2. The fourth-order valence-electron chi connectivity index (χ4n) is 2.83.